The number of methoxy groups -OCH3 is 1. The van der Waals surface area contributed by atoms with Crippen LogP contribution in [0.25, 0.3) is 0 Å². The molecule has 1 aliphatic heterocycles. The number of rotatable bonds is 4. The van der Waals surface area contributed by atoms with Crippen molar-refractivity contribution in [2.45, 2.75) is 25.0 Å². The summed E-state index contributed by atoms with van der Waals surface area (Å²) in [5, 5.41) is 10.4. The third kappa shape index (κ3) is 3.44. The first kappa shape index (κ1) is 15.6. The summed E-state index contributed by atoms with van der Waals surface area (Å²) in [6.07, 6.45) is 0.840. The number of amides is 1. The number of halogens is 2. The van der Waals surface area contributed by atoms with Crippen LogP contribution < -0.4 is 0 Å². The van der Waals surface area contributed by atoms with Crippen molar-refractivity contribution < 1.29 is 14.6 Å². The molecule has 0 spiro atoms. The van der Waals surface area contributed by atoms with Crippen molar-refractivity contribution in [1.82, 2.24) is 4.90 Å². The molecule has 0 radical (unpaired) electrons. The molecule has 1 fully saturated rings. The van der Waals surface area contributed by atoms with Crippen molar-refractivity contribution in [2.24, 2.45) is 0 Å². The van der Waals surface area contributed by atoms with E-state index in [0.29, 0.717) is 23.0 Å². The SMILES string of the molecule is CO[C@@H]1C[C@@H](CO)N(C(=O)Cc2ccc(Cl)cc2Cl)C1. The van der Waals surface area contributed by atoms with Gasteiger partial charge in [0.25, 0.3) is 0 Å². The molecular formula is C14H17Cl2NO3. The number of carbonyl (C=O) groups excluding carboxylic acids is 1. The summed E-state index contributed by atoms with van der Waals surface area (Å²) in [7, 11) is 1.61. The van der Waals surface area contributed by atoms with Crippen LogP contribution in [0.15, 0.2) is 18.2 Å². The van der Waals surface area contributed by atoms with Crippen LogP contribution >= 0.6 is 23.2 Å². The average Bonchev–Trinajstić information content (AvgIpc) is 2.85. The van der Waals surface area contributed by atoms with Crippen LogP contribution in [0.5, 0.6) is 0 Å². The second-order valence-corrected chi connectivity index (χ2v) is 5.73. The van der Waals surface area contributed by atoms with E-state index in [-0.39, 0.29) is 31.1 Å². The number of aliphatic hydroxyl groups is 1. The standard InChI is InChI=1S/C14H17Cl2NO3/c1-20-12-6-11(8-18)17(7-12)14(19)4-9-2-3-10(15)5-13(9)16/h2-3,5,11-12,18H,4,6-8H2,1H3/t11-,12+/m0/s1. The Balaban J connectivity index is 2.07. The van der Waals surface area contributed by atoms with Gasteiger partial charge in [-0.15, -0.1) is 0 Å². The summed E-state index contributed by atoms with van der Waals surface area (Å²) in [5.41, 5.74) is 0.735. The monoisotopic (exact) mass is 317 g/mol. The molecule has 0 saturated carbocycles. The minimum Gasteiger partial charge on any atom is -0.394 e. The number of benzene rings is 1. The Bertz CT molecular complexity index is 495. The minimum absolute atomic E-state index is 0.0169. The van der Waals surface area contributed by atoms with Crippen molar-refractivity contribution in [2.75, 3.05) is 20.3 Å². The van der Waals surface area contributed by atoms with Crippen LogP contribution in [-0.4, -0.2) is 48.3 Å². The van der Waals surface area contributed by atoms with Crippen LogP contribution in [-0.2, 0) is 16.0 Å². The molecule has 1 aliphatic rings. The molecule has 0 bridgehead atoms. The molecule has 2 rings (SSSR count). The van der Waals surface area contributed by atoms with Gasteiger partial charge in [-0.05, 0) is 24.1 Å². The van der Waals surface area contributed by atoms with Crippen molar-refractivity contribution in [1.29, 1.82) is 0 Å². The number of nitrogens with zero attached hydrogens (tertiary/aromatic N) is 1. The van der Waals surface area contributed by atoms with Gasteiger partial charge in [0.1, 0.15) is 0 Å². The Kier molecular flexibility index (Phi) is 5.27. The van der Waals surface area contributed by atoms with E-state index >= 15 is 0 Å². The number of carbonyl (C=O) groups is 1. The van der Waals surface area contributed by atoms with Crippen LogP contribution in [0.3, 0.4) is 0 Å². The van der Waals surface area contributed by atoms with E-state index in [1.165, 1.54) is 0 Å². The van der Waals surface area contributed by atoms with Gasteiger partial charge in [-0.1, -0.05) is 29.3 Å². The predicted molar refractivity (Wildman–Crippen MR) is 78.2 cm³/mol. The van der Waals surface area contributed by atoms with Gasteiger partial charge in [-0.2, -0.15) is 0 Å². The summed E-state index contributed by atoms with van der Waals surface area (Å²) in [6, 6.07) is 4.90. The quantitative estimate of drug-likeness (QED) is 0.925. The van der Waals surface area contributed by atoms with Gasteiger partial charge >= 0.3 is 0 Å². The number of hydrogen-bond donors (Lipinski definition) is 1. The zero-order valence-electron chi connectivity index (χ0n) is 11.2. The molecule has 1 amide bonds. The van der Waals surface area contributed by atoms with E-state index in [9.17, 15) is 9.90 Å². The predicted octanol–water partition coefficient (Wildman–Crippen LogP) is 2.14. The summed E-state index contributed by atoms with van der Waals surface area (Å²) in [6.45, 7) is 0.450. The fraction of sp³-hybridized carbons (Fsp3) is 0.500. The number of likely N-dealkylation sites (tertiary alicyclic amines) is 1. The Morgan fingerprint density at radius 2 is 2.25 bits per heavy atom. The third-order valence-electron chi connectivity index (χ3n) is 3.60. The Morgan fingerprint density at radius 3 is 2.85 bits per heavy atom. The highest BCUT2D eigenvalue weighted by molar-refractivity contribution is 6.35. The van der Waals surface area contributed by atoms with Crippen molar-refractivity contribution in [3.63, 3.8) is 0 Å². The second-order valence-electron chi connectivity index (χ2n) is 4.89. The molecular weight excluding hydrogens is 301 g/mol. The van der Waals surface area contributed by atoms with Gasteiger partial charge in [0.2, 0.25) is 5.91 Å². The number of ether oxygens (including phenoxy) is 1. The zero-order chi connectivity index (χ0) is 14.7. The fourth-order valence-corrected chi connectivity index (χ4v) is 2.93. The van der Waals surface area contributed by atoms with Crippen molar-refractivity contribution >= 4 is 29.1 Å². The van der Waals surface area contributed by atoms with Gasteiger partial charge < -0.3 is 14.7 Å². The molecule has 1 saturated heterocycles. The molecule has 1 aromatic carbocycles. The Hall–Kier alpha value is -0.810. The van der Waals surface area contributed by atoms with Gasteiger partial charge in [-0.3, -0.25) is 4.79 Å². The highest BCUT2D eigenvalue weighted by atomic mass is 35.5. The highest BCUT2D eigenvalue weighted by Crippen LogP contribution is 2.24. The van der Waals surface area contributed by atoms with E-state index in [2.05, 4.69) is 0 Å². The topological polar surface area (TPSA) is 49.8 Å². The Labute approximate surface area is 128 Å². The lowest BCUT2D eigenvalue weighted by Gasteiger charge is -2.23. The van der Waals surface area contributed by atoms with E-state index in [1.54, 1.807) is 30.2 Å². The lowest BCUT2D eigenvalue weighted by Crippen LogP contribution is -2.39. The van der Waals surface area contributed by atoms with Gasteiger partial charge in [0, 0.05) is 23.7 Å². The smallest absolute Gasteiger partial charge is 0.227 e. The van der Waals surface area contributed by atoms with Gasteiger partial charge in [0.05, 0.1) is 25.2 Å². The molecule has 0 aliphatic carbocycles. The summed E-state index contributed by atoms with van der Waals surface area (Å²) < 4.78 is 5.26. The minimum atomic E-state index is -0.182. The van der Waals surface area contributed by atoms with E-state index < -0.39 is 0 Å². The van der Waals surface area contributed by atoms with Gasteiger partial charge in [-0.25, -0.2) is 0 Å². The lowest BCUT2D eigenvalue weighted by atomic mass is 10.1. The first-order valence-electron chi connectivity index (χ1n) is 6.42. The molecule has 6 heteroatoms. The molecule has 0 aromatic heterocycles. The van der Waals surface area contributed by atoms with E-state index in [1.807, 2.05) is 0 Å². The van der Waals surface area contributed by atoms with Crippen molar-refractivity contribution in [3.8, 4) is 0 Å². The van der Waals surface area contributed by atoms with Crippen LogP contribution in [0.4, 0.5) is 0 Å². The van der Waals surface area contributed by atoms with Crippen molar-refractivity contribution in [3.05, 3.63) is 33.8 Å². The fourth-order valence-electron chi connectivity index (χ4n) is 2.45. The molecule has 1 aromatic rings. The summed E-state index contributed by atoms with van der Waals surface area (Å²) >= 11 is 11.9. The Morgan fingerprint density at radius 1 is 1.50 bits per heavy atom. The maximum atomic E-state index is 12.4. The number of aliphatic hydroxyl groups excluding tert-OH is 1. The average molecular weight is 318 g/mol. The first-order chi connectivity index (χ1) is 9.55. The van der Waals surface area contributed by atoms with Crippen LogP contribution in [0.2, 0.25) is 10.0 Å². The molecule has 4 nitrogen and oxygen atoms in total. The number of hydrogen-bond acceptors (Lipinski definition) is 3. The molecule has 110 valence electrons. The maximum Gasteiger partial charge on any atom is 0.227 e. The zero-order valence-corrected chi connectivity index (χ0v) is 12.7. The maximum absolute atomic E-state index is 12.4. The molecule has 1 heterocycles. The first-order valence-corrected chi connectivity index (χ1v) is 7.17. The summed E-state index contributed by atoms with van der Waals surface area (Å²) in [5.74, 6) is -0.0622. The lowest BCUT2D eigenvalue weighted by molar-refractivity contribution is -0.132. The molecule has 0 unspecified atom stereocenters. The second kappa shape index (κ2) is 6.76. The molecule has 20 heavy (non-hydrogen) atoms. The normalized spacial score (nSPS) is 22.3. The van der Waals surface area contributed by atoms with Crippen LogP contribution in [0, 0.1) is 0 Å². The third-order valence-corrected chi connectivity index (χ3v) is 4.18. The largest absolute Gasteiger partial charge is 0.394 e. The van der Waals surface area contributed by atoms with E-state index in [4.69, 9.17) is 27.9 Å². The van der Waals surface area contributed by atoms with E-state index in [0.717, 1.165) is 5.56 Å². The van der Waals surface area contributed by atoms with Gasteiger partial charge in [0.15, 0.2) is 0 Å². The molecule has 1 N–H and O–H groups in total. The molecule has 2 atom stereocenters. The highest BCUT2D eigenvalue weighted by Gasteiger charge is 2.34. The summed E-state index contributed by atoms with van der Waals surface area (Å²) in [4.78, 5) is 14.0. The van der Waals surface area contributed by atoms with Crippen LogP contribution in [0.1, 0.15) is 12.0 Å².